The standard InChI is InChI=1S/C25H30F3N9/c1-30-7-6-21(29)36-22-11-16(5-8-34-22)12-35-24(37-10-9-33-20(15-37)25(26,27)28)23-18(17-3-4-17)13-32-14-19(23)31-2/h5-8,11,13-14,17,20,30,33H,2-4,9-10,12,15H2,1H3,(H2,29,34,36)/b7-6-,35-24?. The first-order chi connectivity index (χ1) is 17.8. The number of pyridine rings is 2. The predicted molar refractivity (Wildman–Crippen MR) is 139 cm³/mol. The molecule has 37 heavy (non-hydrogen) atoms. The fourth-order valence-electron chi connectivity index (χ4n) is 4.16. The molecule has 2 aromatic heterocycles. The first-order valence-corrected chi connectivity index (χ1v) is 12.0. The van der Waals surface area contributed by atoms with Crippen molar-refractivity contribution >= 4 is 29.9 Å². The van der Waals surface area contributed by atoms with Crippen LogP contribution in [0, 0.1) is 0 Å². The monoisotopic (exact) mass is 513 g/mol. The highest BCUT2D eigenvalue weighted by molar-refractivity contribution is 6.04. The van der Waals surface area contributed by atoms with E-state index >= 15 is 0 Å². The van der Waals surface area contributed by atoms with Crippen molar-refractivity contribution in [3.8, 4) is 0 Å². The Hall–Kier alpha value is -3.80. The highest BCUT2D eigenvalue weighted by Gasteiger charge is 2.43. The Kier molecular flexibility index (Phi) is 8.17. The van der Waals surface area contributed by atoms with Crippen LogP contribution >= 0.6 is 0 Å². The summed E-state index contributed by atoms with van der Waals surface area (Å²) in [6.45, 7) is 4.17. The van der Waals surface area contributed by atoms with Gasteiger partial charge >= 0.3 is 6.18 Å². The molecule has 4 N–H and O–H groups in total. The van der Waals surface area contributed by atoms with Crippen molar-refractivity contribution in [2.75, 3.05) is 26.7 Å². The first kappa shape index (κ1) is 26.3. The zero-order valence-electron chi connectivity index (χ0n) is 20.5. The minimum Gasteiger partial charge on any atom is -0.394 e. The van der Waals surface area contributed by atoms with E-state index in [2.05, 4.69) is 37.3 Å². The molecule has 12 heteroatoms. The van der Waals surface area contributed by atoms with Gasteiger partial charge in [0.25, 0.3) is 0 Å². The van der Waals surface area contributed by atoms with Crippen molar-refractivity contribution in [1.82, 2.24) is 25.5 Å². The van der Waals surface area contributed by atoms with Gasteiger partial charge in [0, 0.05) is 44.6 Å². The summed E-state index contributed by atoms with van der Waals surface area (Å²) >= 11 is 0. The number of nitrogens with zero attached hydrogens (tertiary/aromatic N) is 6. The van der Waals surface area contributed by atoms with Crippen LogP contribution in [0.3, 0.4) is 0 Å². The number of nitrogens with two attached hydrogens (primary N) is 1. The van der Waals surface area contributed by atoms with E-state index in [0.29, 0.717) is 29.4 Å². The number of amidine groups is 2. The van der Waals surface area contributed by atoms with Gasteiger partial charge in [-0.2, -0.15) is 13.2 Å². The molecular formula is C25H30F3N9. The van der Waals surface area contributed by atoms with Crippen LogP contribution < -0.4 is 16.4 Å². The van der Waals surface area contributed by atoms with Gasteiger partial charge in [-0.25, -0.2) is 9.98 Å². The Labute approximate surface area is 213 Å². The molecule has 1 aliphatic heterocycles. The smallest absolute Gasteiger partial charge is 0.394 e. The molecular weight excluding hydrogens is 483 g/mol. The van der Waals surface area contributed by atoms with E-state index in [1.165, 1.54) is 0 Å². The molecule has 1 saturated heterocycles. The van der Waals surface area contributed by atoms with Crippen molar-refractivity contribution in [2.45, 2.75) is 37.5 Å². The normalized spacial score (nSPS) is 19.4. The van der Waals surface area contributed by atoms with Gasteiger partial charge < -0.3 is 21.3 Å². The molecule has 1 atom stereocenters. The summed E-state index contributed by atoms with van der Waals surface area (Å²) in [4.78, 5) is 23.5. The molecule has 0 spiro atoms. The van der Waals surface area contributed by atoms with Gasteiger partial charge in [-0.15, -0.1) is 0 Å². The molecule has 0 aromatic carbocycles. The summed E-state index contributed by atoms with van der Waals surface area (Å²) < 4.78 is 40.8. The molecule has 3 heterocycles. The lowest BCUT2D eigenvalue weighted by Gasteiger charge is -2.37. The molecule has 2 fully saturated rings. The summed E-state index contributed by atoms with van der Waals surface area (Å²) in [5.41, 5.74) is 8.83. The van der Waals surface area contributed by atoms with Crippen LogP contribution in [0.4, 0.5) is 24.7 Å². The van der Waals surface area contributed by atoms with E-state index in [9.17, 15) is 13.2 Å². The Morgan fingerprint density at radius 2 is 2.16 bits per heavy atom. The average Bonchev–Trinajstić information content (AvgIpc) is 3.73. The maximum Gasteiger partial charge on any atom is 0.405 e. The Bertz CT molecular complexity index is 1200. The number of nitrogens with one attached hydrogen (secondary N) is 2. The number of aromatic nitrogens is 2. The van der Waals surface area contributed by atoms with Crippen LogP contribution in [0.1, 0.15) is 35.4 Å². The zero-order chi connectivity index (χ0) is 26.4. The second kappa shape index (κ2) is 11.5. The largest absolute Gasteiger partial charge is 0.405 e. The summed E-state index contributed by atoms with van der Waals surface area (Å²) in [7, 11) is 1.75. The molecule has 0 amide bonds. The fourth-order valence-corrected chi connectivity index (χ4v) is 4.16. The summed E-state index contributed by atoms with van der Waals surface area (Å²) in [6, 6.07) is 1.88. The third-order valence-corrected chi connectivity index (χ3v) is 6.12. The third-order valence-electron chi connectivity index (χ3n) is 6.12. The van der Waals surface area contributed by atoms with Crippen LogP contribution in [0.5, 0.6) is 0 Å². The topological polar surface area (TPSA) is 116 Å². The summed E-state index contributed by atoms with van der Waals surface area (Å²) in [5, 5.41) is 5.41. The van der Waals surface area contributed by atoms with E-state index in [0.717, 1.165) is 24.0 Å². The van der Waals surface area contributed by atoms with Gasteiger partial charge in [-0.3, -0.25) is 15.0 Å². The minimum atomic E-state index is -4.37. The van der Waals surface area contributed by atoms with Crippen molar-refractivity contribution in [2.24, 2.45) is 20.7 Å². The number of halogens is 3. The SMILES string of the molecule is C=Nc1cncc(C2CC2)c1C(=NCc1ccnc(N=C(N)/C=C\NC)c1)N1CCNC(C(F)(F)F)C1. The van der Waals surface area contributed by atoms with Crippen LogP contribution in [0.2, 0.25) is 0 Å². The highest BCUT2D eigenvalue weighted by Crippen LogP contribution is 2.44. The predicted octanol–water partition coefficient (Wildman–Crippen LogP) is 3.19. The lowest BCUT2D eigenvalue weighted by atomic mass is 10.0. The van der Waals surface area contributed by atoms with Crippen molar-refractivity contribution < 1.29 is 13.2 Å². The molecule has 1 saturated carbocycles. The Morgan fingerprint density at radius 1 is 1.35 bits per heavy atom. The van der Waals surface area contributed by atoms with Gasteiger partial charge in [0.2, 0.25) is 0 Å². The van der Waals surface area contributed by atoms with E-state index in [-0.39, 0.29) is 31.4 Å². The number of rotatable bonds is 8. The van der Waals surface area contributed by atoms with Gasteiger partial charge in [0.05, 0.1) is 18.4 Å². The molecule has 9 nitrogen and oxygen atoms in total. The van der Waals surface area contributed by atoms with Gasteiger partial charge in [-0.1, -0.05) is 0 Å². The van der Waals surface area contributed by atoms with Crippen molar-refractivity contribution in [3.63, 3.8) is 0 Å². The summed E-state index contributed by atoms with van der Waals surface area (Å²) in [6.07, 6.45) is 5.81. The molecule has 1 aliphatic carbocycles. The van der Waals surface area contributed by atoms with Crippen LogP contribution in [0.15, 0.2) is 58.0 Å². The number of alkyl halides is 3. The van der Waals surface area contributed by atoms with Gasteiger partial charge in [0.15, 0.2) is 5.82 Å². The molecule has 1 unspecified atom stereocenters. The highest BCUT2D eigenvalue weighted by atomic mass is 19.4. The molecule has 196 valence electrons. The van der Waals surface area contributed by atoms with Gasteiger partial charge in [-0.05, 0) is 61.0 Å². The first-order valence-electron chi connectivity index (χ1n) is 12.0. The maximum atomic E-state index is 13.6. The average molecular weight is 514 g/mol. The Morgan fingerprint density at radius 3 is 2.86 bits per heavy atom. The van der Waals surface area contributed by atoms with Crippen molar-refractivity contribution in [1.29, 1.82) is 0 Å². The quantitative estimate of drug-likeness (QED) is 0.369. The molecule has 4 rings (SSSR count). The lowest BCUT2D eigenvalue weighted by Crippen LogP contribution is -2.58. The minimum absolute atomic E-state index is 0.178. The summed E-state index contributed by atoms with van der Waals surface area (Å²) in [5.74, 6) is 1.42. The van der Waals surface area contributed by atoms with E-state index < -0.39 is 12.2 Å². The van der Waals surface area contributed by atoms with Crippen LogP contribution in [-0.4, -0.2) is 72.2 Å². The number of hydrogen-bond acceptors (Lipinski definition) is 7. The lowest BCUT2D eigenvalue weighted by molar-refractivity contribution is -0.161. The van der Waals surface area contributed by atoms with Crippen molar-refractivity contribution in [3.05, 3.63) is 59.7 Å². The van der Waals surface area contributed by atoms with E-state index in [1.807, 2.05) is 0 Å². The molecule has 0 radical (unpaired) electrons. The van der Waals surface area contributed by atoms with Crippen LogP contribution in [-0.2, 0) is 6.54 Å². The Balaban J connectivity index is 1.72. The van der Waals surface area contributed by atoms with Gasteiger partial charge in [0.1, 0.15) is 17.7 Å². The van der Waals surface area contributed by atoms with E-state index in [4.69, 9.17) is 10.7 Å². The number of piperazine rings is 1. The second-order valence-electron chi connectivity index (χ2n) is 8.87. The fraction of sp³-hybridized carbons (Fsp3) is 0.400. The van der Waals surface area contributed by atoms with E-state index in [1.54, 1.807) is 54.9 Å². The third kappa shape index (κ3) is 6.70. The number of hydrogen-bond donors (Lipinski definition) is 3. The molecule has 2 aromatic rings. The molecule has 2 aliphatic rings. The van der Waals surface area contributed by atoms with Crippen LogP contribution in [0.25, 0.3) is 0 Å². The number of aliphatic imine (C=N–C) groups is 3. The maximum absolute atomic E-state index is 13.6. The second-order valence-corrected chi connectivity index (χ2v) is 8.87. The zero-order valence-corrected chi connectivity index (χ0v) is 20.5. The molecule has 0 bridgehead atoms.